The van der Waals surface area contributed by atoms with Crippen LogP contribution in [0.25, 0.3) is 0 Å². The SMILES string of the molecule is FC(F)(F)C1(C2CCNCC2)CCOCC1. The van der Waals surface area contributed by atoms with E-state index in [1.54, 1.807) is 0 Å². The first kappa shape index (κ1) is 12.2. The molecule has 2 nitrogen and oxygen atoms in total. The quantitative estimate of drug-likeness (QED) is 0.755. The van der Waals surface area contributed by atoms with Crippen LogP contribution in [-0.2, 0) is 4.74 Å². The molecule has 0 spiro atoms. The van der Waals surface area contributed by atoms with Crippen molar-refractivity contribution < 1.29 is 17.9 Å². The Morgan fingerprint density at radius 1 is 1.06 bits per heavy atom. The lowest BCUT2D eigenvalue weighted by atomic mass is 9.66. The fraction of sp³-hybridized carbons (Fsp3) is 1.00. The van der Waals surface area contributed by atoms with Gasteiger partial charge in [-0.3, -0.25) is 0 Å². The molecular formula is C11H18F3NO. The van der Waals surface area contributed by atoms with E-state index in [-0.39, 0.29) is 32.0 Å². The smallest absolute Gasteiger partial charge is 0.381 e. The molecule has 0 bridgehead atoms. The molecule has 0 radical (unpaired) electrons. The lowest BCUT2D eigenvalue weighted by Crippen LogP contribution is -2.51. The molecule has 0 amide bonds. The van der Waals surface area contributed by atoms with Gasteiger partial charge in [-0.2, -0.15) is 13.2 Å². The Morgan fingerprint density at radius 2 is 1.62 bits per heavy atom. The van der Waals surface area contributed by atoms with Gasteiger partial charge in [0, 0.05) is 13.2 Å². The van der Waals surface area contributed by atoms with Crippen LogP contribution in [0.1, 0.15) is 25.7 Å². The topological polar surface area (TPSA) is 21.3 Å². The van der Waals surface area contributed by atoms with Crippen LogP contribution in [0.3, 0.4) is 0 Å². The maximum atomic E-state index is 13.3. The second kappa shape index (κ2) is 4.53. The summed E-state index contributed by atoms with van der Waals surface area (Å²) in [5, 5.41) is 3.12. The number of piperidine rings is 1. The lowest BCUT2D eigenvalue weighted by molar-refractivity contribution is -0.268. The zero-order valence-electron chi connectivity index (χ0n) is 9.28. The average molecular weight is 237 g/mol. The van der Waals surface area contributed by atoms with Crippen molar-refractivity contribution in [3.63, 3.8) is 0 Å². The van der Waals surface area contributed by atoms with Gasteiger partial charge in [0.2, 0.25) is 0 Å². The number of hydrogen-bond acceptors (Lipinski definition) is 2. The zero-order chi connectivity index (χ0) is 11.6. The Balaban J connectivity index is 2.18. The highest BCUT2D eigenvalue weighted by Crippen LogP contribution is 2.53. The Bertz CT molecular complexity index is 230. The summed E-state index contributed by atoms with van der Waals surface area (Å²) in [6.45, 7) is 1.93. The van der Waals surface area contributed by atoms with Gasteiger partial charge in [0.05, 0.1) is 5.41 Å². The van der Waals surface area contributed by atoms with Gasteiger partial charge in [-0.1, -0.05) is 0 Å². The summed E-state index contributed by atoms with van der Waals surface area (Å²) >= 11 is 0. The fourth-order valence-electron chi connectivity index (χ4n) is 3.03. The summed E-state index contributed by atoms with van der Waals surface area (Å²) in [5.41, 5.74) is -1.48. The van der Waals surface area contributed by atoms with Crippen molar-refractivity contribution in [3.05, 3.63) is 0 Å². The van der Waals surface area contributed by atoms with Gasteiger partial charge in [-0.15, -0.1) is 0 Å². The summed E-state index contributed by atoms with van der Waals surface area (Å²) in [5.74, 6) is -0.224. The molecule has 2 aliphatic rings. The summed E-state index contributed by atoms with van der Waals surface area (Å²) in [6.07, 6.45) is -2.53. The van der Waals surface area contributed by atoms with E-state index in [0.717, 1.165) is 0 Å². The Hall–Kier alpha value is -0.290. The molecule has 2 saturated heterocycles. The highest BCUT2D eigenvalue weighted by Gasteiger charge is 2.58. The predicted octanol–water partition coefficient (Wildman–Crippen LogP) is 2.35. The van der Waals surface area contributed by atoms with Crippen molar-refractivity contribution in [2.45, 2.75) is 31.9 Å². The van der Waals surface area contributed by atoms with E-state index in [0.29, 0.717) is 25.9 Å². The fourth-order valence-corrected chi connectivity index (χ4v) is 3.03. The van der Waals surface area contributed by atoms with Gasteiger partial charge in [-0.05, 0) is 44.7 Å². The molecule has 2 heterocycles. The molecule has 0 aromatic carbocycles. The van der Waals surface area contributed by atoms with Crippen molar-refractivity contribution in [1.29, 1.82) is 0 Å². The van der Waals surface area contributed by atoms with Gasteiger partial charge in [0.25, 0.3) is 0 Å². The van der Waals surface area contributed by atoms with Crippen molar-refractivity contribution in [3.8, 4) is 0 Å². The van der Waals surface area contributed by atoms with Crippen LogP contribution >= 0.6 is 0 Å². The maximum Gasteiger partial charge on any atom is 0.394 e. The minimum Gasteiger partial charge on any atom is -0.381 e. The molecular weight excluding hydrogens is 219 g/mol. The van der Waals surface area contributed by atoms with E-state index in [2.05, 4.69) is 5.32 Å². The van der Waals surface area contributed by atoms with Crippen LogP contribution in [0, 0.1) is 11.3 Å². The molecule has 0 atom stereocenters. The van der Waals surface area contributed by atoms with E-state index < -0.39 is 11.6 Å². The third-order valence-corrected chi connectivity index (χ3v) is 4.07. The Labute approximate surface area is 93.5 Å². The molecule has 0 aromatic rings. The molecule has 0 unspecified atom stereocenters. The molecule has 5 heteroatoms. The van der Waals surface area contributed by atoms with E-state index >= 15 is 0 Å². The van der Waals surface area contributed by atoms with Crippen LogP contribution in [0.5, 0.6) is 0 Å². The standard InChI is InChI=1S/C11H18F3NO/c12-11(13,14)10(3-7-16-8-4-10)9-1-5-15-6-2-9/h9,15H,1-8H2. The third kappa shape index (κ3) is 2.07. The summed E-state index contributed by atoms with van der Waals surface area (Å²) in [6, 6.07) is 0. The number of nitrogens with one attached hydrogen (secondary N) is 1. The highest BCUT2D eigenvalue weighted by molar-refractivity contribution is 4.95. The van der Waals surface area contributed by atoms with Gasteiger partial charge < -0.3 is 10.1 Å². The molecule has 1 N–H and O–H groups in total. The Morgan fingerprint density at radius 3 is 2.12 bits per heavy atom. The maximum absolute atomic E-state index is 13.3. The van der Waals surface area contributed by atoms with E-state index in [1.807, 2.05) is 0 Å². The predicted molar refractivity (Wildman–Crippen MR) is 54.1 cm³/mol. The zero-order valence-corrected chi connectivity index (χ0v) is 9.28. The molecule has 94 valence electrons. The molecule has 0 aliphatic carbocycles. The summed E-state index contributed by atoms with van der Waals surface area (Å²) in [7, 11) is 0. The Kier molecular flexibility index (Phi) is 3.45. The number of hydrogen-bond donors (Lipinski definition) is 1. The van der Waals surface area contributed by atoms with E-state index in [1.165, 1.54) is 0 Å². The van der Waals surface area contributed by atoms with Crippen LogP contribution in [-0.4, -0.2) is 32.5 Å². The number of halogens is 3. The summed E-state index contributed by atoms with van der Waals surface area (Å²) in [4.78, 5) is 0. The van der Waals surface area contributed by atoms with Crippen LogP contribution < -0.4 is 5.32 Å². The first-order valence-corrected chi connectivity index (χ1v) is 5.91. The largest absolute Gasteiger partial charge is 0.394 e. The van der Waals surface area contributed by atoms with Crippen LogP contribution in [0.2, 0.25) is 0 Å². The van der Waals surface area contributed by atoms with Crippen molar-refractivity contribution in [2.24, 2.45) is 11.3 Å². The van der Waals surface area contributed by atoms with E-state index in [4.69, 9.17) is 4.74 Å². The minimum atomic E-state index is -4.08. The molecule has 0 saturated carbocycles. The molecule has 2 rings (SSSR count). The number of alkyl halides is 3. The summed E-state index contributed by atoms with van der Waals surface area (Å²) < 4.78 is 45.0. The number of rotatable bonds is 1. The first-order valence-electron chi connectivity index (χ1n) is 5.91. The molecule has 2 fully saturated rings. The van der Waals surface area contributed by atoms with Gasteiger partial charge >= 0.3 is 6.18 Å². The molecule has 0 aromatic heterocycles. The van der Waals surface area contributed by atoms with Crippen molar-refractivity contribution in [2.75, 3.05) is 26.3 Å². The second-order valence-corrected chi connectivity index (χ2v) is 4.79. The van der Waals surface area contributed by atoms with Gasteiger partial charge in [-0.25, -0.2) is 0 Å². The highest BCUT2D eigenvalue weighted by atomic mass is 19.4. The lowest BCUT2D eigenvalue weighted by Gasteiger charge is -2.46. The molecule has 2 aliphatic heterocycles. The number of ether oxygens (including phenoxy) is 1. The second-order valence-electron chi connectivity index (χ2n) is 4.79. The molecule has 16 heavy (non-hydrogen) atoms. The monoisotopic (exact) mass is 237 g/mol. The van der Waals surface area contributed by atoms with Crippen LogP contribution in [0.4, 0.5) is 13.2 Å². The van der Waals surface area contributed by atoms with E-state index in [9.17, 15) is 13.2 Å². The minimum absolute atomic E-state index is 0.140. The van der Waals surface area contributed by atoms with Gasteiger partial charge in [0.15, 0.2) is 0 Å². The normalized spacial score (nSPS) is 27.9. The van der Waals surface area contributed by atoms with Crippen molar-refractivity contribution in [1.82, 2.24) is 5.32 Å². The van der Waals surface area contributed by atoms with Crippen LogP contribution in [0.15, 0.2) is 0 Å². The average Bonchev–Trinajstić information content (AvgIpc) is 2.30. The third-order valence-electron chi connectivity index (χ3n) is 4.07. The van der Waals surface area contributed by atoms with Gasteiger partial charge in [0.1, 0.15) is 0 Å². The van der Waals surface area contributed by atoms with Crippen molar-refractivity contribution >= 4 is 0 Å². The first-order chi connectivity index (χ1) is 7.56.